The summed E-state index contributed by atoms with van der Waals surface area (Å²) in [7, 11) is 0. The molecule has 13 heavy (non-hydrogen) atoms. The zero-order chi connectivity index (χ0) is 9.84. The van der Waals surface area contributed by atoms with Crippen molar-refractivity contribution in [2.75, 3.05) is 0 Å². The van der Waals surface area contributed by atoms with Crippen molar-refractivity contribution in [3.05, 3.63) is 54.7 Å². The Hall–Kier alpha value is -1.62. The van der Waals surface area contributed by atoms with E-state index >= 15 is 0 Å². The molecule has 0 spiro atoms. The number of halogens is 1. The number of benzene rings is 1. The van der Waals surface area contributed by atoms with Gasteiger partial charge in [0.2, 0.25) is 0 Å². The van der Waals surface area contributed by atoms with Gasteiger partial charge in [0.25, 0.3) is 0 Å². The predicted molar refractivity (Wildman–Crippen MR) is 49.4 cm³/mol. The predicted octanol–water partition coefficient (Wildman–Crippen LogP) is 2.80. The van der Waals surface area contributed by atoms with E-state index in [1.54, 1.807) is 18.2 Å². The topological polar surface area (TPSA) is 23.8 Å². The largest absolute Gasteiger partial charge is 0.206 e. The molecule has 1 nitrogen and oxygen atoms in total. The van der Waals surface area contributed by atoms with E-state index in [9.17, 15) is 4.39 Å². The molecule has 1 atom stereocenters. The van der Waals surface area contributed by atoms with Crippen molar-refractivity contribution >= 4 is 0 Å². The average molecular weight is 174 g/mol. The zero-order valence-corrected chi connectivity index (χ0v) is 7.13. The van der Waals surface area contributed by atoms with Crippen LogP contribution in [0.1, 0.15) is 17.0 Å². The summed E-state index contributed by atoms with van der Waals surface area (Å²) in [6, 6.07) is 6.21. The summed E-state index contributed by atoms with van der Waals surface area (Å²) in [5, 5.41) is 8.48. The van der Waals surface area contributed by atoms with Gasteiger partial charge in [-0.05, 0) is 24.6 Å². The lowest BCUT2D eigenvalue weighted by molar-refractivity contribution is 0.621. The number of hydrogen-bond acceptors (Lipinski definition) is 1. The second-order valence-electron chi connectivity index (χ2n) is 2.69. The van der Waals surface area contributed by atoms with Crippen LogP contribution in [-0.4, -0.2) is 0 Å². The summed E-state index contributed by atoms with van der Waals surface area (Å²) in [4.78, 5) is 0. The summed E-state index contributed by atoms with van der Waals surface area (Å²) in [6.45, 7) is 7.32. The maximum atomic E-state index is 13.1. The lowest BCUT2D eigenvalue weighted by atomic mass is 10.00. The van der Waals surface area contributed by atoms with Crippen molar-refractivity contribution in [2.45, 2.75) is 5.92 Å². The van der Waals surface area contributed by atoms with Crippen LogP contribution >= 0.6 is 0 Å². The summed E-state index contributed by atoms with van der Waals surface area (Å²) in [5.74, 6) is -0.641. The van der Waals surface area contributed by atoms with Gasteiger partial charge in [0.15, 0.2) is 0 Å². The maximum absolute atomic E-state index is 13.1. The first kappa shape index (κ1) is 9.47. The lowest BCUT2D eigenvalue weighted by Gasteiger charge is -2.05. The Labute approximate surface area is 77.1 Å². The standard InChI is InChI=1S/C11H9FN/c1-3-8(2)9-4-5-10(7-13)11(12)6-9/h3-6,8H,1-2H2. The molecule has 1 aromatic carbocycles. The van der Waals surface area contributed by atoms with Crippen LogP contribution in [0, 0.1) is 24.1 Å². The monoisotopic (exact) mass is 174 g/mol. The van der Waals surface area contributed by atoms with Gasteiger partial charge in [0.05, 0.1) is 5.56 Å². The van der Waals surface area contributed by atoms with Crippen LogP contribution in [0.5, 0.6) is 0 Å². The summed E-state index contributed by atoms with van der Waals surface area (Å²) in [6.07, 6.45) is 1.63. The molecule has 1 rings (SSSR count). The molecule has 0 N–H and O–H groups in total. The van der Waals surface area contributed by atoms with Crippen molar-refractivity contribution in [3.63, 3.8) is 0 Å². The minimum Gasteiger partial charge on any atom is -0.206 e. The Bertz CT molecular complexity index is 363. The highest BCUT2D eigenvalue weighted by Crippen LogP contribution is 2.18. The molecule has 0 aliphatic rings. The number of nitrogens with zero attached hydrogens (tertiary/aromatic N) is 1. The average Bonchev–Trinajstić information content (AvgIpc) is 2.16. The maximum Gasteiger partial charge on any atom is 0.141 e. The van der Waals surface area contributed by atoms with E-state index in [0.29, 0.717) is 0 Å². The highest BCUT2D eigenvalue weighted by molar-refractivity contribution is 5.36. The molecule has 0 fully saturated rings. The van der Waals surface area contributed by atoms with Crippen LogP contribution in [0.25, 0.3) is 0 Å². The van der Waals surface area contributed by atoms with Gasteiger partial charge in [0, 0.05) is 5.92 Å². The SMILES string of the molecule is [CH2]C(C=C)c1ccc(C#N)c(F)c1. The molecule has 0 aromatic heterocycles. The third-order valence-corrected chi connectivity index (χ3v) is 1.83. The number of nitriles is 1. The van der Waals surface area contributed by atoms with Crippen molar-refractivity contribution in [3.8, 4) is 6.07 Å². The molecule has 2 heteroatoms. The highest BCUT2D eigenvalue weighted by Gasteiger charge is 2.05. The minimum absolute atomic E-state index is 0.0556. The first-order valence-corrected chi connectivity index (χ1v) is 3.84. The summed E-state index contributed by atoms with van der Waals surface area (Å²) in [5.41, 5.74) is 0.784. The number of hydrogen-bond donors (Lipinski definition) is 0. The molecule has 0 saturated heterocycles. The number of rotatable bonds is 2. The fourth-order valence-electron chi connectivity index (χ4n) is 0.989. The lowest BCUT2D eigenvalue weighted by Crippen LogP contribution is -1.92. The van der Waals surface area contributed by atoms with Crippen molar-refractivity contribution < 1.29 is 4.39 Å². The molecular weight excluding hydrogens is 165 g/mol. The summed E-state index contributed by atoms with van der Waals surface area (Å²) < 4.78 is 13.1. The Kier molecular flexibility index (Phi) is 2.81. The van der Waals surface area contributed by atoms with Crippen molar-refractivity contribution in [2.24, 2.45) is 0 Å². The van der Waals surface area contributed by atoms with E-state index in [4.69, 9.17) is 5.26 Å². The van der Waals surface area contributed by atoms with Crippen LogP contribution < -0.4 is 0 Å². The third kappa shape index (κ3) is 1.94. The minimum atomic E-state index is -0.504. The number of allylic oxidation sites excluding steroid dienone is 1. The van der Waals surface area contributed by atoms with Gasteiger partial charge in [-0.2, -0.15) is 5.26 Å². The highest BCUT2D eigenvalue weighted by atomic mass is 19.1. The van der Waals surface area contributed by atoms with Gasteiger partial charge in [-0.25, -0.2) is 4.39 Å². The second kappa shape index (κ2) is 3.86. The van der Waals surface area contributed by atoms with Gasteiger partial charge in [-0.15, -0.1) is 6.58 Å². The Morgan fingerprint density at radius 2 is 2.23 bits per heavy atom. The molecule has 0 aliphatic heterocycles. The molecule has 1 radical (unpaired) electrons. The Morgan fingerprint density at radius 3 is 2.69 bits per heavy atom. The Morgan fingerprint density at radius 1 is 1.54 bits per heavy atom. The molecule has 0 amide bonds. The molecule has 0 saturated carbocycles. The van der Waals surface area contributed by atoms with E-state index in [0.717, 1.165) is 5.56 Å². The fraction of sp³-hybridized carbons (Fsp3) is 0.0909. The molecule has 1 aromatic rings. The normalized spacial score (nSPS) is 11.8. The quantitative estimate of drug-likeness (QED) is 0.632. The molecule has 65 valence electrons. The van der Waals surface area contributed by atoms with Gasteiger partial charge in [0.1, 0.15) is 11.9 Å². The Balaban J connectivity index is 3.11. The van der Waals surface area contributed by atoms with Crippen LogP contribution in [0.15, 0.2) is 30.9 Å². The first-order chi connectivity index (χ1) is 6.19. The van der Waals surface area contributed by atoms with Gasteiger partial charge in [-0.3, -0.25) is 0 Å². The molecule has 0 bridgehead atoms. The molecule has 0 heterocycles. The van der Waals surface area contributed by atoms with E-state index in [2.05, 4.69) is 13.5 Å². The van der Waals surface area contributed by atoms with Gasteiger partial charge < -0.3 is 0 Å². The van der Waals surface area contributed by atoms with E-state index in [1.165, 1.54) is 12.1 Å². The van der Waals surface area contributed by atoms with Gasteiger partial charge in [-0.1, -0.05) is 12.1 Å². The van der Waals surface area contributed by atoms with Crippen LogP contribution in [0.3, 0.4) is 0 Å². The van der Waals surface area contributed by atoms with E-state index in [-0.39, 0.29) is 11.5 Å². The van der Waals surface area contributed by atoms with Crippen molar-refractivity contribution in [1.82, 2.24) is 0 Å². The van der Waals surface area contributed by atoms with Crippen LogP contribution in [0.4, 0.5) is 4.39 Å². The smallest absolute Gasteiger partial charge is 0.141 e. The van der Waals surface area contributed by atoms with E-state index in [1.807, 2.05) is 0 Å². The van der Waals surface area contributed by atoms with Crippen LogP contribution in [-0.2, 0) is 0 Å². The van der Waals surface area contributed by atoms with Crippen LogP contribution in [0.2, 0.25) is 0 Å². The fourth-order valence-corrected chi connectivity index (χ4v) is 0.989. The first-order valence-electron chi connectivity index (χ1n) is 3.84. The third-order valence-electron chi connectivity index (χ3n) is 1.83. The molecule has 1 unspecified atom stereocenters. The van der Waals surface area contributed by atoms with Gasteiger partial charge >= 0.3 is 0 Å². The van der Waals surface area contributed by atoms with E-state index < -0.39 is 5.82 Å². The molecular formula is C11H9FN. The second-order valence-corrected chi connectivity index (χ2v) is 2.69. The van der Waals surface area contributed by atoms with Crippen molar-refractivity contribution in [1.29, 1.82) is 5.26 Å². The summed E-state index contributed by atoms with van der Waals surface area (Å²) >= 11 is 0. The molecule has 0 aliphatic carbocycles. The zero-order valence-electron chi connectivity index (χ0n) is 7.13.